The molecule has 1 saturated carbocycles. The van der Waals surface area contributed by atoms with Crippen LogP contribution in [0.25, 0.3) is 0 Å². The normalized spacial score (nSPS) is 23.9. The van der Waals surface area contributed by atoms with Crippen molar-refractivity contribution < 1.29 is 14.0 Å². The SMILES string of the molecule is C[C@@H]1C[C@H]1c1ccc(CN(C)C(=O)C[C@H]2C(=O)Nc3ccccc32)o1. The zero-order chi connectivity index (χ0) is 17.6. The first-order chi connectivity index (χ1) is 12.0. The standard InChI is InChI=1S/C20H22N2O3/c1-12-9-15(12)18-8-7-13(25-18)11-22(2)19(23)10-16-14-5-3-4-6-17(14)21-20(16)24/h3-8,12,15-16H,9-11H2,1-2H3,(H,21,24)/t12-,15-,16-/m1/s1. The van der Waals surface area contributed by atoms with Gasteiger partial charge in [0.15, 0.2) is 0 Å². The third kappa shape index (κ3) is 3.06. The highest BCUT2D eigenvalue weighted by atomic mass is 16.3. The van der Waals surface area contributed by atoms with Crippen LogP contribution >= 0.6 is 0 Å². The third-order valence-electron chi connectivity index (χ3n) is 5.27. The van der Waals surface area contributed by atoms with Gasteiger partial charge < -0.3 is 14.6 Å². The van der Waals surface area contributed by atoms with Crippen molar-refractivity contribution in [3.05, 3.63) is 53.5 Å². The molecule has 1 aliphatic carbocycles. The Morgan fingerprint density at radius 2 is 2.04 bits per heavy atom. The lowest BCUT2D eigenvalue weighted by Crippen LogP contribution is -2.29. The molecule has 3 atom stereocenters. The summed E-state index contributed by atoms with van der Waals surface area (Å²) in [6, 6.07) is 11.5. The fraction of sp³-hybridized carbons (Fsp3) is 0.400. The Labute approximate surface area is 147 Å². The fourth-order valence-electron chi connectivity index (χ4n) is 3.53. The van der Waals surface area contributed by atoms with E-state index in [1.54, 1.807) is 11.9 Å². The summed E-state index contributed by atoms with van der Waals surface area (Å²) in [7, 11) is 1.75. The number of furan rings is 1. The number of carbonyl (C=O) groups is 2. The number of hydrogen-bond donors (Lipinski definition) is 1. The summed E-state index contributed by atoms with van der Waals surface area (Å²) in [6.07, 6.45) is 1.35. The van der Waals surface area contributed by atoms with E-state index >= 15 is 0 Å². The molecule has 0 saturated heterocycles. The Balaban J connectivity index is 1.39. The first-order valence-corrected chi connectivity index (χ1v) is 8.75. The highest BCUT2D eigenvalue weighted by Crippen LogP contribution is 2.47. The number of benzene rings is 1. The predicted molar refractivity (Wildman–Crippen MR) is 94.1 cm³/mol. The number of fused-ring (bicyclic) bond motifs is 1. The van der Waals surface area contributed by atoms with Crippen molar-refractivity contribution in [3.8, 4) is 0 Å². The first kappa shape index (κ1) is 15.9. The fourth-order valence-corrected chi connectivity index (χ4v) is 3.53. The summed E-state index contributed by atoms with van der Waals surface area (Å²) in [5.41, 5.74) is 1.71. The number of anilines is 1. The Kier molecular flexibility index (Phi) is 3.86. The van der Waals surface area contributed by atoms with Gasteiger partial charge in [-0.2, -0.15) is 0 Å². The molecule has 0 bridgehead atoms. The van der Waals surface area contributed by atoms with Gasteiger partial charge in [-0.15, -0.1) is 0 Å². The van der Waals surface area contributed by atoms with E-state index < -0.39 is 5.92 Å². The topological polar surface area (TPSA) is 62.6 Å². The van der Waals surface area contributed by atoms with Gasteiger partial charge in [0.2, 0.25) is 11.8 Å². The van der Waals surface area contributed by atoms with Crippen LogP contribution in [0.4, 0.5) is 5.69 Å². The summed E-state index contributed by atoms with van der Waals surface area (Å²) < 4.78 is 5.87. The maximum absolute atomic E-state index is 12.6. The molecule has 0 radical (unpaired) electrons. The molecule has 1 aromatic carbocycles. The Bertz CT molecular complexity index is 826. The molecule has 0 spiro atoms. The highest BCUT2D eigenvalue weighted by Gasteiger charge is 2.37. The van der Waals surface area contributed by atoms with E-state index in [0.29, 0.717) is 18.4 Å². The van der Waals surface area contributed by atoms with Gasteiger partial charge in [0.1, 0.15) is 11.5 Å². The van der Waals surface area contributed by atoms with Gasteiger partial charge in [-0.3, -0.25) is 9.59 Å². The molecule has 1 fully saturated rings. The van der Waals surface area contributed by atoms with Crippen LogP contribution in [0.15, 0.2) is 40.8 Å². The second kappa shape index (κ2) is 6.06. The first-order valence-electron chi connectivity index (χ1n) is 8.75. The lowest BCUT2D eigenvalue weighted by molar-refractivity contribution is -0.132. The summed E-state index contributed by atoms with van der Waals surface area (Å²) in [4.78, 5) is 26.4. The molecule has 1 aromatic heterocycles. The molecule has 2 aliphatic rings. The Morgan fingerprint density at radius 3 is 2.80 bits per heavy atom. The van der Waals surface area contributed by atoms with Crippen molar-refractivity contribution in [2.75, 3.05) is 12.4 Å². The van der Waals surface area contributed by atoms with Crippen molar-refractivity contribution in [3.63, 3.8) is 0 Å². The minimum Gasteiger partial charge on any atom is -0.464 e. The maximum atomic E-state index is 12.6. The minimum absolute atomic E-state index is 0.0606. The minimum atomic E-state index is -0.411. The van der Waals surface area contributed by atoms with Crippen molar-refractivity contribution in [2.24, 2.45) is 5.92 Å². The van der Waals surface area contributed by atoms with Gasteiger partial charge in [-0.05, 0) is 36.1 Å². The smallest absolute Gasteiger partial charge is 0.232 e. The van der Waals surface area contributed by atoms with Crippen LogP contribution in [0.3, 0.4) is 0 Å². The van der Waals surface area contributed by atoms with Crippen LogP contribution in [0, 0.1) is 5.92 Å². The van der Waals surface area contributed by atoms with Gasteiger partial charge >= 0.3 is 0 Å². The van der Waals surface area contributed by atoms with Crippen LogP contribution in [-0.2, 0) is 16.1 Å². The zero-order valence-electron chi connectivity index (χ0n) is 14.5. The molecule has 5 heteroatoms. The molecule has 1 aliphatic heterocycles. The lowest BCUT2D eigenvalue weighted by atomic mass is 9.97. The maximum Gasteiger partial charge on any atom is 0.232 e. The van der Waals surface area contributed by atoms with E-state index in [9.17, 15) is 9.59 Å². The number of rotatable bonds is 5. The van der Waals surface area contributed by atoms with E-state index in [0.717, 1.165) is 22.8 Å². The number of nitrogens with zero attached hydrogens (tertiary/aromatic N) is 1. The van der Waals surface area contributed by atoms with E-state index in [4.69, 9.17) is 4.42 Å². The number of amides is 2. The van der Waals surface area contributed by atoms with Crippen molar-refractivity contribution in [1.82, 2.24) is 4.90 Å². The monoisotopic (exact) mass is 338 g/mol. The second-order valence-electron chi connectivity index (χ2n) is 7.21. The van der Waals surface area contributed by atoms with Gasteiger partial charge in [0.05, 0.1) is 12.5 Å². The van der Waals surface area contributed by atoms with Crippen LogP contribution < -0.4 is 5.32 Å². The lowest BCUT2D eigenvalue weighted by Gasteiger charge is -2.17. The van der Waals surface area contributed by atoms with Gasteiger partial charge in [0, 0.05) is 25.1 Å². The van der Waals surface area contributed by atoms with Crippen LogP contribution in [0.2, 0.25) is 0 Å². The van der Waals surface area contributed by atoms with Gasteiger partial charge in [0.25, 0.3) is 0 Å². The molecular formula is C20H22N2O3. The summed E-state index contributed by atoms with van der Waals surface area (Å²) in [6.45, 7) is 2.64. The molecule has 2 amide bonds. The average molecular weight is 338 g/mol. The quantitative estimate of drug-likeness (QED) is 0.908. The largest absolute Gasteiger partial charge is 0.464 e. The van der Waals surface area contributed by atoms with E-state index in [1.165, 1.54) is 6.42 Å². The Morgan fingerprint density at radius 1 is 1.28 bits per heavy atom. The molecule has 0 unspecified atom stereocenters. The molecule has 2 aromatic rings. The number of carbonyl (C=O) groups excluding carboxylic acids is 2. The number of hydrogen-bond acceptors (Lipinski definition) is 3. The van der Waals surface area contributed by atoms with Crippen LogP contribution in [0.1, 0.15) is 48.7 Å². The second-order valence-corrected chi connectivity index (χ2v) is 7.21. The zero-order valence-corrected chi connectivity index (χ0v) is 14.5. The number of para-hydroxylation sites is 1. The molecule has 4 rings (SSSR count). The Hall–Kier alpha value is -2.56. The van der Waals surface area contributed by atoms with Gasteiger partial charge in [-0.1, -0.05) is 25.1 Å². The molecule has 130 valence electrons. The molecule has 25 heavy (non-hydrogen) atoms. The average Bonchev–Trinajstić information content (AvgIpc) is 3.01. The third-order valence-corrected chi connectivity index (χ3v) is 5.27. The highest BCUT2D eigenvalue weighted by molar-refractivity contribution is 6.04. The van der Waals surface area contributed by atoms with Crippen LogP contribution in [0.5, 0.6) is 0 Å². The van der Waals surface area contributed by atoms with Gasteiger partial charge in [-0.25, -0.2) is 0 Å². The van der Waals surface area contributed by atoms with Crippen molar-refractivity contribution >= 4 is 17.5 Å². The number of nitrogens with one attached hydrogen (secondary N) is 1. The van der Waals surface area contributed by atoms with Crippen molar-refractivity contribution in [1.29, 1.82) is 0 Å². The summed E-state index contributed by atoms with van der Waals surface area (Å²) in [5.74, 6) is 2.47. The van der Waals surface area contributed by atoms with Crippen LogP contribution in [-0.4, -0.2) is 23.8 Å². The van der Waals surface area contributed by atoms with Crippen molar-refractivity contribution in [2.45, 2.75) is 38.1 Å². The predicted octanol–water partition coefficient (Wildman–Crippen LogP) is 3.49. The van der Waals surface area contributed by atoms with E-state index in [1.807, 2.05) is 36.4 Å². The summed E-state index contributed by atoms with van der Waals surface area (Å²) in [5, 5.41) is 2.84. The molecular weight excluding hydrogens is 316 g/mol. The summed E-state index contributed by atoms with van der Waals surface area (Å²) >= 11 is 0. The molecule has 2 heterocycles. The molecule has 5 nitrogen and oxygen atoms in total. The van der Waals surface area contributed by atoms with E-state index in [-0.39, 0.29) is 18.2 Å². The molecule has 1 N–H and O–H groups in total. The van der Waals surface area contributed by atoms with E-state index in [2.05, 4.69) is 12.2 Å².